The van der Waals surface area contributed by atoms with Gasteiger partial charge in [0.15, 0.2) is 0 Å². The van der Waals surface area contributed by atoms with E-state index in [1.807, 2.05) is 0 Å². The fourth-order valence-electron chi connectivity index (χ4n) is 2.29. The van der Waals surface area contributed by atoms with Crippen LogP contribution in [0.25, 0.3) is 0 Å². The van der Waals surface area contributed by atoms with E-state index in [1.54, 1.807) is 6.08 Å². The van der Waals surface area contributed by atoms with Gasteiger partial charge < -0.3 is 16.8 Å². The third kappa shape index (κ3) is 4.43. The van der Waals surface area contributed by atoms with Crippen molar-refractivity contribution in [1.29, 1.82) is 0 Å². The van der Waals surface area contributed by atoms with Gasteiger partial charge in [0.2, 0.25) is 5.91 Å². The lowest BCUT2D eigenvalue weighted by atomic mass is 9.73. The molecule has 102 valence electrons. The van der Waals surface area contributed by atoms with Crippen molar-refractivity contribution in [3.05, 3.63) is 24.0 Å². The zero-order valence-electron chi connectivity index (χ0n) is 11.4. The van der Waals surface area contributed by atoms with E-state index in [4.69, 9.17) is 11.5 Å². The summed E-state index contributed by atoms with van der Waals surface area (Å²) < 4.78 is 0. The Kier molecular flexibility index (Phi) is 5.25. The van der Waals surface area contributed by atoms with Crippen LogP contribution in [0.15, 0.2) is 24.0 Å². The number of hydrogen-bond donors (Lipinski definition) is 3. The highest BCUT2D eigenvalue weighted by Gasteiger charge is 2.30. The van der Waals surface area contributed by atoms with Gasteiger partial charge in [-0.1, -0.05) is 13.8 Å². The van der Waals surface area contributed by atoms with Gasteiger partial charge in [-0.15, -0.1) is 0 Å². The first kappa shape index (κ1) is 14.6. The fourth-order valence-corrected chi connectivity index (χ4v) is 2.29. The second-order valence-electron chi connectivity index (χ2n) is 5.76. The van der Waals surface area contributed by atoms with Gasteiger partial charge in [-0.05, 0) is 55.1 Å². The first-order chi connectivity index (χ1) is 8.48. The van der Waals surface area contributed by atoms with Crippen LogP contribution in [0.2, 0.25) is 0 Å². The van der Waals surface area contributed by atoms with Crippen LogP contribution in [0.1, 0.15) is 39.5 Å². The van der Waals surface area contributed by atoms with E-state index in [0.29, 0.717) is 12.0 Å². The van der Waals surface area contributed by atoms with Crippen LogP contribution in [0, 0.1) is 11.3 Å². The first-order valence-electron chi connectivity index (χ1n) is 6.55. The predicted octanol–water partition coefficient (Wildman–Crippen LogP) is 1.63. The lowest BCUT2D eigenvalue weighted by Crippen LogP contribution is -2.35. The minimum Gasteiger partial charge on any atom is -0.405 e. The maximum atomic E-state index is 12.0. The summed E-state index contributed by atoms with van der Waals surface area (Å²) in [7, 11) is 0. The summed E-state index contributed by atoms with van der Waals surface area (Å²) in [6.07, 6.45) is 8.78. The molecule has 1 aliphatic rings. The molecule has 0 bridgehead atoms. The van der Waals surface area contributed by atoms with Crippen molar-refractivity contribution in [3.8, 4) is 0 Å². The fraction of sp³-hybridized carbons (Fsp3) is 0.643. The summed E-state index contributed by atoms with van der Waals surface area (Å²) in [6.45, 7) is 4.98. The molecule has 0 heterocycles. The van der Waals surface area contributed by atoms with Gasteiger partial charge >= 0.3 is 0 Å². The molecule has 0 aromatic carbocycles. The highest BCUT2D eigenvalue weighted by atomic mass is 16.1. The van der Waals surface area contributed by atoms with E-state index in [0.717, 1.165) is 31.3 Å². The van der Waals surface area contributed by atoms with Gasteiger partial charge in [0.1, 0.15) is 0 Å². The number of carbonyl (C=O) groups is 1. The maximum absolute atomic E-state index is 12.0. The summed E-state index contributed by atoms with van der Waals surface area (Å²) in [5.74, 6) is 0.286. The molecule has 18 heavy (non-hydrogen) atoms. The molecule has 4 nitrogen and oxygen atoms in total. The molecule has 5 N–H and O–H groups in total. The number of amides is 1. The van der Waals surface area contributed by atoms with Gasteiger partial charge in [-0.25, -0.2) is 0 Å². The number of nitrogens with one attached hydrogen (secondary N) is 1. The zero-order valence-corrected chi connectivity index (χ0v) is 11.4. The third-order valence-corrected chi connectivity index (χ3v) is 3.70. The summed E-state index contributed by atoms with van der Waals surface area (Å²) in [4.78, 5) is 12.0. The molecule has 1 fully saturated rings. The largest absolute Gasteiger partial charge is 0.405 e. The van der Waals surface area contributed by atoms with Crippen molar-refractivity contribution in [2.45, 2.75) is 39.5 Å². The minimum atomic E-state index is 0.135. The van der Waals surface area contributed by atoms with Gasteiger partial charge in [-0.3, -0.25) is 4.79 Å². The van der Waals surface area contributed by atoms with E-state index in [2.05, 4.69) is 19.2 Å². The molecule has 1 amide bonds. The molecule has 0 atom stereocenters. The standard InChI is InChI=1S/C14H25N3O/c1-14(2)6-3-12(4-7-14)13(18)17-10-11(9-16)5-8-15/h5,8-9,12H,3-4,6-7,10,15-16H2,1-2H3,(H,17,18)/b8-5-,11-9+. The van der Waals surface area contributed by atoms with Crippen molar-refractivity contribution >= 4 is 5.91 Å². The van der Waals surface area contributed by atoms with E-state index < -0.39 is 0 Å². The van der Waals surface area contributed by atoms with Crippen molar-refractivity contribution in [2.24, 2.45) is 22.8 Å². The third-order valence-electron chi connectivity index (χ3n) is 3.70. The maximum Gasteiger partial charge on any atom is 0.223 e. The summed E-state index contributed by atoms with van der Waals surface area (Å²) >= 11 is 0. The molecule has 1 rings (SSSR count). The normalized spacial score (nSPS) is 21.1. The molecule has 0 radical (unpaired) electrons. The van der Waals surface area contributed by atoms with E-state index in [-0.39, 0.29) is 11.8 Å². The Morgan fingerprint density at radius 2 is 1.94 bits per heavy atom. The smallest absolute Gasteiger partial charge is 0.223 e. The zero-order chi connectivity index (χ0) is 13.6. The van der Waals surface area contributed by atoms with Crippen molar-refractivity contribution in [2.75, 3.05) is 6.54 Å². The van der Waals surface area contributed by atoms with Crippen molar-refractivity contribution < 1.29 is 4.79 Å². The molecule has 0 aliphatic heterocycles. The highest BCUT2D eigenvalue weighted by molar-refractivity contribution is 5.79. The molecule has 0 aromatic rings. The van der Waals surface area contributed by atoms with Crippen LogP contribution >= 0.6 is 0 Å². The Labute approximate surface area is 109 Å². The molecule has 1 saturated carbocycles. The molecule has 0 saturated heterocycles. The van der Waals surface area contributed by atoms with Crippen LogP contribution < -0.4 is 16.8 Å². The molecule has 1 aliphatic carbocycles. The highest BCUT2D eigenvalue weighted by Crippen LogP contribution is 2.37. The summed E-state index contributed by atoms with van der Waals surface area (Å²) in [5, 5.41) is 2.92. The van der Waals surface area contributed by atoms with Gasteiger partial charge in [0, 0.05) is 12.5 Å². The lowest BCUT2D eigenvalue weighted by Gasteiger charge is -2.33. The molecule has 0 unspecified atom stereocenters. The molecule has 4 heteroatoms. The quantitative estimate of drug-likeness (QED) is 0.664. The monoisotopic (exact) mass is 251 g/mol. The minimum absolute atomic E-state index is 0.135. The topological polar surface area (TPSA) is 81.1 Å². The predicted molar refractivity (Wildman–Crippen MR) is 74.3 cm³/mol. The average Bonchev–Trinajstić information content (AvgIpc) is 2.34. The van der Waals surface area contributed by atoms with Crippen molar-refractivity contribution in [3.63, 3.8) is 0 Å². The van der Waals surface area contributed by atoms with E-state index in [1.165, 1.54) is 12.4 Å². The summed E-state index contributed by atoms with van der Waals surface area (Å²) in [6, 6.07) is 0. The second kappa shape index (κ2) is 6.47. The molecular formula is C14H25N3O. The number of carbonyl (C=O) groups excluding carboxylic acids is 1. The Balaban J connectivity index is 2.38. The Morgan fingerprint density at radius 1 is 1.33 bits per heavy atom. The van der Waals surface area contributed by atoms with Gasteiger partial charge in [0.25, 0.3) is 0 Å². The summed E-state index contributed by atoms with van der Waals surface area (Å²) in [5.41, 5.74) is 11.9. The van der Waals surface area contributed by atoms with Crippen LogP contribution in [0.4, 0.5) is 0 Å². The van der Waals surface area contributed by atoms with Gasteiger partial charge in [0.05, 0.1) is 0 Å². The molecular weight excluding hydrogens is 226 g/mol. The Morgan fingerprint density at radius 3 is 2.44 bits per heavy atom. The Hall–Kier alpha value is -1.45. The lowest BCUT2D eigenvalue weighted by molar-refractivity contribution is -0.126. The van der Waals surface area contributed by atoms with Crippen LogP contribution in [-0.4, -0.2) is 12.5 Å². The van der Waals surface area contributed by atoms with Gasteiger partial charge in [-0.2, -0.15) is 0 Å². The Bertz CT molecular complexity index is 335. The van der Waals surface area contributed by atoms with Crippen LogP contribution in [-0.2, 0) is 4.79 Å². The van der Waals surface area contributed by atoms with Crippen LogP contribution in [0.5, 0.6) is 0 Å². The molecule has 0 aromatic heterocycles. The number of hydrogen-bond acceptors (Lipinski definition) is 3. The van der Waals surface area contributed by atoms with Crippen LogP contribution in [0.3, 0.4) is 0 Å². The van der Waals surface area contributed by atoms with Crippen molar-refractivity contribution in [1.82, 2.24) is 5.32 Å². The number of nitrogens with two attached hydrogens (primary N) is 2. The molecule has 0 spiro atoms. The van der Waals surface area contributed by atoms with E-state index >= 15 is 0 Å². The van der Waals surface area contributed by atoms with E-state index in [9.17, 15) is 4.79 Å². The average molecular weight is 251 g/mol. The SMILES string of the molecule is CC1(C)CCC(C(=O)NCC(/C=C\N)=C/N)CC1. The first-order valence-corrected chi connectivity index (χ1v) is 6.55. The second-order valence-corrected chi connectivity index (χ2v) is 5.76. The number of rotatable bonds is 4.